The second-order valence-electron chi connectivity index (χ2n) is 13.1. The summed E-state index contributed by atoms with van der Waals surface area (Å²) in [4.78, 5) is 4.81. The lowest BCUT2D eigenvalue weighted by Crippen LogP contribution is -1.98. The van der Waals surface area contributed by atoms with E-state index >= 15 is 0 Å². The van der Waals surface area contributed by atoms with Crippen LogP contribution in [0.15, 0.2) is 199 Å². The first-order chi connectivity index (χ1) is 25.8. The number of hydrogen-bond acceptors (Lipinski definition) is 2. The van der Waals surface area contributed by atoms with Crippen LogP contribution in [-0.2, 0) is 0 Å². The molecule has 0 aliphatic heterocycles. The van der Waals surface area contributed by atoms with Crippen molar-refractivity contribution >= 4 is 28.0 Å². The Balaban J connectivity index is 1.29. The van der Waals surface area contributed by atoms with Crippen molar-refractivity contribution in [3.63, 3.8) is 0 Å². The summed E-state index contributed by atoms with van der Waals surface area (Å²) >= 11 is 0. The second-order valence-corrected chi connectivity index (χ2v) is 13.1. The average Bonchev–Trinajstić information content (AvgIpc) is 3.78. The predicted molar refractivity (Wildman–Crippen MR) is 215 cm³/mol. The summed E-state index contributed by atoms with van der Waals surface area (Å²) in [5.41, 5.74) is 17.7. The van der Waals surface area contributed by atoms with Gasteiger partial charge in [-0.05, 0) is 91.5 Å². The molecule has 0 spiro atoms. The quantitative estimate of drug-likeness (QED) is 0.177. The molecule has 0 unspecified atom stereocenters. The number of fused-ring (bicyclic) bond motifs is 5. The molecule has 3 heteroatoms. The van der Waals surface area contributed by atoms with E-state index in [0.29, 0.717) is 5.84 Å². The van der Waals surface area contributed by atoms with Gasteiger partial charge in [0.25, 0.3) is 0 Å². The molecule has 0 saturated carbocycles. The highest BCUT2D eigenvalue weighted by molar-refractivity contribution is 6.08. The minimum Gasteiger partial charge on any atom is -0.422 e. The van der Waals surface area contributed by atoms with E-state index in [2.05, 4.69) is 180 Å². The standard InChI is InChI=1S/C49H32N2O/c1-5-17-33(18-6-1)40-32-41(34-19-7-2-8-20-34)46(47(36-23-11-4-12-24-36)45(40)35-21-9-3-10-22-35)38-26-15-25-37(31-38)39-27-16-30-44-48(39)52-49-50-42-28-13-14-29-43(42)51(44)49/h1-32H. The predicted octanol–water partition coefficient (Wildman–Crippen LogP) is 13.2. The number of hydrogen-bond donors (Lipinski definition) is 0. The fraction of sp³-hybridized carbons (Fsp3) is 0. The van der Waals surface area contributed by atoms with Crippen molar-refractivity contribution in [2.75, 3.05) is 0 Å². The zero-order valence-electron chi connectivity index (χ0n) is 28.3. The molecule has 0 fully saturated rings. The van der Waals surface area contributed by atoms with Crippen LogP contribution in [0.3, 0.4) is 0 Å². The fourth-order valence-corrected chi connectivity index (χ4v) is 7.75. The number of benzene rings is 8. The number of oxazole rings is 1. The lowest BCUT2D eigenvalue weighted by atomic mass is 9.78. The molecule has 0 N–H and O–H groups in total. The maximum Gasteiger partial charge on any atom is 0.307 e. The van der Waals surface area contributed by atoms with E-state index in [4.69, 9.17) is 9.40 Å². The topological polar surface area (TPSA) is 30.4 Å². The molecule has 0 atom stereocenters. The van der Waals surface area contributed by atoms with Gasteiger partial charge >= 0.3 is 5.84 Å². The molecule has 10 aromatic rings. The van der Waals surface area contributed by atoms with Crippen LogP contribution >= 0.6 is 0 Å². The molecule has 10 rings (SSSR count). The van der Waals surface area contributed by atoms with Crippen LogP contribution in [0.5, 0.6) is 0 Å². The Hall–Kier alpha value is -6.97. The molecular weight excluding hydrogens is 633 g/mol. The molecule has 52 heavy (non-hydrogen) atoms. The molecular formula is C49H32N2O. The smallest absolute Gasteiger partial charge is 0.307 e. The average molecular weight is 665 g/mol. The lowest BCUT2D eigenvalue weighted by Gasteiger charge is -2.24. The number of rotatable bonds is 6. The Morgan fingerprint density at radius 3 is 1.48 bits per heavy atom. The van der Waals surface area contributed by atoms with Crippen molar-refractivity contribution in [2.45, 2.75) is 0 Å². The number of imidazole rings is 1. The van der Waals surface area contributed by atoms with Crippen molar-refractivity contribution in [1.82, 2.24) is 9.38 Å². The first kappa shape index (κ1) is 29.9. The molecule has 2 aromatic heterocycles. The SMILES string of the molecule is c1ccc(-c2cc(-c3ccccc3)c(-c3cccc(-c4cccc5c4oc4nc6ccccc6n45)c3)c(-c3ccccc3)c2-c2ccccc2)cc1. The third kappa shape index (κ3) is 4.94. The Bertz CT molecular complexity index is 2870. The monoisotopic (exact) mass is 664 g/mol. The number of aromatic nitrogens is 2. The normalized spacial score (nSPS) is 11.5. The van der Waals surface area contributed by atoms with Crippen molar-refractivity contribution < 1.29 is 4.42 Å². The number of nitrogens with zero attached hydrogens (tertiary/aromatic N) is 2. The first-order valence-corrected chi connectivity index (χ1v) is 17.6. The highest BCUT2D eigenvalue weighted by Crippen LogP contribution is 2.50. The van der Waals surface area contributed by atoms with E-state index < -0.39 is 0 Å². The van der Waals surface area contributed by atoms with Crippen LogP contribution in [0.2, 0.25) is 0 Å². The van der Waals surface area contributed by atoms with E-state index in [9.17, 15) is 0 Å². The molecule has 0 bridgehead atoms. The van der Waals surface area contributed by atoms with Gasteiger partial charge in [-0.25, -0.2) is 0 Å². The van der Waals surface area contributed by atoms with Gasteiger partial charge < -0.3 is 4.42 Å². The van der Waals surface area contributed by atoms with E-state index in [0.717, 1.165) is 50.0 Å². The summed E-state index contributed by atoms with van der Waals surface area (Å²) < 4.78 is 8.67. The third-order valence-electron chi connectivity index (χ3n) is 10.0. The van der Waals surface area contributed by atoms with E-state index in [1.807, 2.05) is 18.2 Å². The van der Waals surface area contributed by atoms with Gasteiger partial charge in [-0.1, -0.05) is 164 Å². The van der Waals surface area contributed by atoms with Crippen molar-refractivity contribution in [3.05, 3.63) is 194 Å². The van der Waals surface area contributed by atoms with Crippen molar-refractivity contribution in [3.8, 4) is 66.8 Å². The minimum absolute atomic E-state index is 0.599. The van der Waals surface area contributed by atoms with Gasteiger partial charge in [0.05, 0.1) is 16.6 Å². The summed E-state index contributed by atoms with van der Waals surface area (Å²) in [7, 11) is 0. The van der Waals surface area contributed by atoms with E-state index in [1.54, 1.807) is 0 Å². The molecule has 0 aliphatic rings. The van der Waals surface area contributed by atoms with Crippen LogP contribution in [-0.4, -0.2) is 9.38 Å². The molecule has 0 saturated heterocycles. The molecule has 3 nitrogen and oxygen atoms in total. The van der Waals surface area contributed by atoms with Crippen LogP contribution in [0.1, 0.15) is 0 Å². The van der Waals surface area contributed by atoms with Crippen molar-refractivity contribution in [2.24, 2.45) is 0 Å². The molecule has 244 valence electrons. The van der Waals surface area contributed by atoms with Gasteiger partial charge in [0, 0.05) is 5.56 Å². The Labute approximate surface area is 301 Å². The zero-order valence-corrected chi connectivity index (χ0v) is 28.3. The summed E-state index contributed by atoms with van der Waals surface area (Å²) in [6, 6.07) is 69.1. The molecule has 0 amide bonds. The van der Waals surface area contributed by atoms with Gasteiger partial charge in [0.1, 0.15) is 0 Å². The lowest BCUT2D eigenvalue weighted by molar-refractivity contribution is 0.644. The zero-order chi connectivity index (χ0) is 34.4. The van der Waals surface area contributed by atoms with Crippen LogP contribution < -0.4 is 0 Å². The maximum absolute atomic E-state index is 6.55. The number of para-hydroxylation sites is 3. The highest BCUT2D eigenvalue weighted by atomic mass is 16.4. The maximum atomic E-state index is 6.55. The largest absolute Gasteiger partial charge is 0.422 e. The summed E-state index contributed by atoms with van der Waals surface area (Å²) in [5, 5.41) is 0. The molecule has 0 aliphatic carbocycles. The van der Waals surface area contributed by atoms with Crippen LogP contribution in [0, 0.1) is 0 Å². The van der Waals surface area contributed by atoms with Gasteiger partial charge in [-0.15, -0.1) is 0 Å². The van der Waals surface area contributed by atoms with Crippen molar-refractivity contribution in [1.29, 1.82) is 0 Å². The molecule has 2 heterocycles. The second kappa shape index (κ2) is 12.4. The van der Waals surface area contributed by atoms with Crippen LogP contribution in [0.25, 0.3) is 94.7 Å². The Kier molecular flexibility index (Phi) is 7.14. The summed E-state index contributed by atoms with van der Waals surface area (Å²) in [6.45, 7) is 0. The third-order valence-corrected chi connectivity index (χ3v) is 10.0. The van der Waals surface area contributed by atoms with Gasteiger partial charge in [-0.2, -0.15) is 4.98 Å². The fourth-order valence-electron chi connectivity index (χ4n) is 7.75. The van der Waals surface area contributed by atoms with E-state index in [1.165, 1.54) is 38.9 Å². The van der Waals surface area contributed by atoms with Gasteiger partial charge in [0.15, 0.2) is 5.58 Å². The highest BCUT2D eigenvalue weighted by Gasteiger charge is 2.24. The molecule has 8 aromatic carbocycles. The Morgan fingerprint density at radius 2 is 0.827 bits per heavy atom. The van der Waals surface area contributed by atoms with Gasteiger partial charge in [-0.3, -0.25) is 4.40 Å². The van der Waals surface area contributed by atoms with Gasteiger partial charge in [0.2, 0.25) is 0 Å². The first-order valence-electron chi connectivity index (χ1n) is 17.6. The summed E-state index contributed by atoms with van der Waals surface area (Å²) in [5.74, 6) is 0.599. The van der Waals surface area contributed by atoms with Crippen LogP contribution in [0.4, 0.5) is 0 Å². The Morgan fingerprint density at radius 1 is 0.346 bits per heavy atom. The minimum atomic E-state index is 0.599. The van der Waals surface area contributed by atoms with E-state index in [-0.39, 0.29) is 0 Å². The molecule has 0 radical (unpaired) electrons. The summed E-state index contributed by atoms with van der Waals surface area (Å²) in [6.07, 6.45) is 0.